The van der Waals surface area contributed by atoms with Gasteiger partial charge >= 0.3 is 6.03 Å². The largest absolute Gasteiger partial charge is 0.387 e. The zero-order valence-electron chi connectivity index (χ0n) is 11.3. The summed E-state index contributed by atoms with van der Waals surface area (Å²) in [6.45, 7) is -0.165. The van der Waals surface area contributed by atoms with Crippen molar-refractivity contribution in [2.24, 2.45) is 0 Å². The molecule has 0 aliphatic carbocycles. The fourth-order valence-electron chi connectivity index (χ4n) is 1.76. The fourth-order valence-corrected chi connectivity index (χ4v) is 1.94. The summed E-state index contributed by atoms with van der Waals surface area (Å²) < 4.78 is 25.9. The average Bonchev–Trinajstić information content (AvgIpc) is 2.50. The van der Waals surface area contributed by atoms with E-state index in [9.17, 15) is 18.7 Å². The number of hydrogen-bond donors (Lipinski definition) is 3. The van der Waals surface area contributed by atoms with Gasteiger partial charge in [0, 0.05) is 6.54 Å². The van der Waals surface area contributed by atoms with Crippen LogP contribution in [0.5, 0.6) is 0 Å². The molecule has 0 saturated heterocycles. The third-order valence-corrected chi connectivity index (χ3v) is 3.24. The van der Waals surface area contributed by atoms with E-state index in [2.05, 4.69) is 10.6 Å². The second kappa shape index (κ2) is 7.20. The maximum absolute atomic E-state index is 13.1. The van der Waals surface area contributed by atoms with Crippen molar-refractivity contribution >= 4 is 23.3 Å². The van der Waals surface area contributed by atoms with Crippen LogP contribution >= 0.6 is 11.6 Å². The Kier molecular flexibility index (Phi) is 5.30. The lowest BCUT2D eigenvalue weighted by Gasteiger charge is -2.13. The summed E-state index contributed by atoms with van der Waals surface area (Å²) >= 11 is 5.89. The highest BCUT2D eigenvalue weighted by atomic mass is 35.5. The Balaban J connectivity index is 1.90. The van der Waals surface area contributed by atoms with Gasteiger partial charge in [-0.05, 0) is 29.8 Å². The molecule has 0 radical (unpaired) electrons. The van der Waals surface area contributed by atoms with E-state index in [4.69, 9.17) is 11.6 Å². The molecule has 0 bridgehead atoms. The highest BCUT2D eigenvalue weighted by molar-refractivity contribution is 6.33. The van der Waals surface area contributed by atoms with Crippen LogP contribution in [-0.2, 0) is 0 Å². The van der Waals surface area contributed by atoms with Crippen LogP contribution in [-0.4, -0.2) is 17.7 Å². The molecule has 0 aliphatic heterocycles. The van der Waals surface area contributed by atoms with E-state index < -0.39 is 23.8 Å². The van der Waals surface area contributed by atoms with E-state index in [-0.39, 0.29) is 12.1 Å². The van der Waals surface area contributed by atoms with E-state index in [0.717, 1.165) is 12.1 Å². The molecule has 0 unspecified atom stereocenters. The standard InChI is InChI=1S/C15H13ClF2N2O2/c16-10-3-1-2-4-13(10)20-15(22)19-8-14(21)9-5-6-11(17)12(18)7-9/h1-7,14,21H,8H2,(H2,19,20,22)/t14-/m1/s1. The molecule has 1 atom stereocenters. The summed E-state index contributed by atoms with van der Waals surface area (Å²) in [5.41, 5.74) is 0.584. The van der Waals surface area contributed by atoms with Crippen LogP contribution in [0.15, 0.2) is 42.5 Å². The van der Waals surface area contributed by atoms with Crippen molar-refractivity contribution in [1.29, 1.82) is 0 Å². The van der Waals surface area contributed by atoms with Gasteiger partial charge in [-0.15, -0.1) is 0 Å². The van der Waals surface area contributed by atoms with Gasteiger partial charge < -0.3 is 15.7 Å². The topological polar surface area (TPSA) is 61.4 Å². The Bertz CT molecular complexity index is 682. The predicted molar refractivity (Wildman–Crippen MR) is 79.8 cm³/mol. The zero-order chi connectivity index (χ0) is 16.1. The predicted octanol–water partition coefficient (Wildman–Crippen LogP) is 3.47. The first-order valence-electron chi connectivity index (χ1n) is 6.40. The number of carbonyl (C=O) groups is 1. The van der Waals surface area contributed by atoms with Crippen LogP contribution in [0.1, 0.15) is 11.7 Å². The molecule has 4 nitrogen and oxygen atoms in total. The molecule has 0 fully saturated rings. The van der Waals surface area contributed by atoms with Gasteiger partial charge in [0.25, 0.3) is 0 Å². The van der Waals surface area contributed by atoms with Crippen molar-refractivity contribution in [2.75, 3.05) is 11.9 Å². The summed E-state index contributed by atoms with van der Waals surface area (Å²) in [5.74, 6) is -2.06. The van der Waals surface area contributed by atoms with Crippen molar-refractivity contribution in [3.63, 3.8) is 0 Å². The summed E-state index contributed by atoms with van der Waals surface area (Å²) in [6, 6.07) is 9.13. The van der Waals surface area contributed by atoms with Crippen molar-refractivity contribution in [3.05, 3.63) is 64.7 Å². The molecule has 7 heteroatoms. The number of carbonyl (C=O) groups excluding carboxylic acids is 1. The SMILES string of the molecule is O=C(NC[C@@H](O)c1ccc(F)c(F)c1)Nc1ccccc1Cl. The number of para-hydroxylation sites is 1. The van der Waals surface area contributed by atoms with E-state index in [1.807, 2.05) is 0 Å². The Morgan fingerprint density at radius 1 is 1.18 bits per heavy atom. The van der Waals surface area contributed by atoms with Crippen molar-refractivity contribution < 1.29 is 18.7 Å². The first kappa shape index (κ1) is 16.2. The van der Waals surface area contributed by atoms with E-state index in [1.165, 1.54) is 6.07 Å². The number of amides is 2. The molecule has 0 aliphatic rings. The molecule has 3 N–H and O–H groups in total. The number of aliphatic hydroxyl groups excluding tert-OH is 1. The first-order valence-corrected chi connectivity index (χ1v) is 6.77. The van der Waals surface area contributed by atoms with Crippen LogP contribution in [0.4, 0.5) is 19.3 Å². The normalized spacial score (nSPS) is 11.8. The third kappa shape index (κ3) is 4.16. The monoisotopic (exact) mass is 326 g/mol. The number of rotatable bonds is 4. The third-order valence-electron chi connectivity index (χ3n) is 2.91. The Morgan fingerprint density at radius 3 is 2.59 bits per heavy atom. The lowest BCUT2D eigenvalue weighted by Crippen LogP contribution is -2.32. The molecule has 116 valence electrons. The van der Waals surface area contributed by atoms with Gasteiger partial charge in [0.1, 0.15) is 0 Å². The minimum absolute atomic E-state index is 0.164. The highest BCUT2D eigenvalue weighted by Gasteiger charge is 2.12. The minimum atomic E-state index is -1.16. The Hall–Kier alpha value is -2.18. The number of benzene rings is 2. The van der Waals surface area contributed by atoms with E-state index in [1.54, 1.807) is 24.3 Å². The molecule has 0 aromatic heterocycles. The van der Waals surface area contributed by atoms with Gasteiger partial charge in [0.15, 0.2) is 11.6 Å². The molecule has 0 saturated carbocycles. The van der Waals surface area contributed by atoms with Gasteiger partial charge in [-0.2, -0.15) is 0 Å². The number of urea groups is 1. The second-order valence-electron chi connectivity index (χ2n) is 4.50. The van der Waals surface area contributed by atoms with E-state index in [0.29, 0.717) is 10.7 Å². The van der Waals surface area contributed by atoms with Gasteiger partial charge in [-0.1, -0.05) is 29.8 Å². The molecule has 22 heavy (non-hydrogen) atoms. The van der Waals surface area contributed by atoms with Crippen molar-refractivity contribution in [2.45, 2.75) is 6.10 Å². The zero-order valence-corrected chi connectivity index (χ0v) is 12.1. The highest BCUT2D eigenvalue weighted by Crippen LogP contribution is 2.20. The van der Waals surface area contributed by atoms with Gasteiger partial charge in [-0.3, -0.25) is 0 Å². The fraction of sp³-hybridized carbons (Fsp3) is 0.133. The quantitative estimate of drug-likeness (QED) is 0.805. The van der Waals surface area contributed by atoms with Gasteiger partial charge in [0.05, 0.1) is 16.8 Å². The Morgan fingerprint density at radius 2 is 1.91 bits per heavy atom. The van der Waals surface area contributed by atoms with Crippen LogP contribution in [0.25, 0.3) is 0 Å². The molecule has 2 rings (SSSR count). The van der Waals surface area contributed by atoms with Gasteiger partial charge in [0.2, 0.25) is 0 Å². The van der Waals surface area contributed by atoms with E-state index >= 15 is 0 Å². The Labute approximate surface area is 130 Å². The second-order valence-corrected chi connectivity index (χ2v) is 4.91. The molecule has 0 heterocycles. The smallest absolute Gasteiger partial charge is 0.319 e. The maximum atomic E-state index is 13.1. The molecular formula is C15H13ClF2N2O2. The number of aliphatic hydroxyl groups is 1. The van der Waals surface area contributed by atoms with Gasteiger partial charge in [-0.25, -0.2) is 13.6 Å². The van der Waals surface area contributed by atoms with Crippen LogP contribution in [0.3, 0.4) is 0 Å². The van der Waals surface area contributed by atoms with Crippen LogP contribution < -0.4 is 10.6 Å². The lowest BCUT2D eigenvalue weighted by molar-refractivity contribution is 0.174. The summed E-state index contributed by atoms with van der Waals surface area (Å²) in [4.78, 5) is 11.7. The lowest BCUT2D eigenvalue weighted by atomic mass is 10.1. The molecule has 2 aromatic carbocycles. The van der Waals surface area contributed by atoms with Crippen LogP contribution in [0, 0.1) is 11.6 Å². The summed E-state index contributed by atoms with van der Waals surface area (Å²) in [7, 11) is 0. The first-order chi connectivity index (χ1) is 10.5. The summed E-state index contributed by atoms with van der Waals surface area (Å²) in [6.07, 6.45) is -1.16. The number of anilines is 1. The number of halogens is 3. The molecule has 0 spiro atoms. The number of hydrogen-bond acceptors (Lipinski definition) is 2. The molecule has 2 aromatic rings. The maximum Gasteiger partial charge on any atom is 0.319 e. The van der Waals surface area contributed by atoms with Crippen molar-refractivity contribution in [1.82, 2.24) is 5.32 Å². The molecular weight excluding hydrogens is 314 g/mol. The summed E-state index contributed by atoms with van der Waals surface area (Å²) in [5, 5.41) is 15.1. The average molecular weight is 327 g/mol. The molecule has 2 amide bonds. The minimum Gasteiger partial charge on any atom is -0.387 e. The number of nitrogens with one attached hydrogen (secondary N) is 2. The van der Waals surface area contributed by atoms with Crippen molar-refractivity contribution in [3.8, 4) is 0 Å². The van der Waals surface area contributed by atoms with Crippen LogP contribution in [0.2, 0.25) is 5.02 Å².